The van der Waals surface area contributed by atoms with Gasteiger partial charge in [0.15, 0.2) is 0 Å². The van der Waals surface area contributed by atoms with E-state index in [2.05, 4.69) is 10.0 Å². The average Bonchev–Trinajstić information content (AvgIpc) is 2.62. The summed E-state index contributed by atoms with van der Waals surface area (Å²) in [6.45, 7) is 4.73. The molecule has 0 aliphatic heterocycles. The van der Waals surface area contributed by atoms with Gasteiger partial charge in [-0.1, -0.05) is 0 Å². The SMILES string of the molecule is CCOc1ccc(S(=O)(=O)Nc2ccc(C(=O)NCCC(C)N)cc2)cc1.Cl. The fraction of sp³-hybridized carbons (Fsp3) is 0.316. The zero-order valence-corrected chi connectivity index (χ0v) is 17.5. The molecule has 2 aromatic carbocycles. The summed E-state index contributed by atoms with van der Waals surface area (Å²) in [5.74, 6) is 0.382. The Bertz CT molecular complexity index is 854. The number of ether oxygens (including phenoxy) is 1. The molecule has 0 radical (unpaired) electrons. The number of benzene rings is 2. The molecule has 1 unspecified atom stereocenters. The van der Waals surface area contributed by atoms with Crippen molar-refractivity contribution in [2.45, 2.75) is 31.2 Å². The Morgan fingerprint density at radius 2 is 1.71 bits per heavy atom. The molecule has 9 heteroatoms. The van der Waals surface area contributed by atoms with Gasteiger partial charge >= 0.3 is 0 Å². The average molecular weight is 428 g/mol. The monoisotopic (exact) mass is 427 g/mol. The molecular formula is C19H26ClN3O4S. The van der Waals surface area contributed by atoms with Crippen molar-refractivity contribution < 1.29 is 17.9 Å². The molecule has 0 heterocycles. The highest BCUT2D eigenvalue weighted by Gasteiger charge is 2.14. The summed E-state index contributed by atoms with van der Waals surface area (Å²) in [5.41, 5.74) is 6.46. The number of rotatable bonds is 9. The summed E-state index contributed by atoms with van der Waals surface area (Å²) in [7, 11) is -3.72. The number of anilines is 1. The van der Waals surface area contributed by atoms with Crippen LogP contribution in [0.2, 0.25) is 0 Å². The third-order valence-corrected chi connectivity index (χ3v) is 5.13. The Kier molecular flexibility index (Phi) is 9.24. The van der Waals surface area contributed by atoms with Gasteiger partial charge in [0, 0.05) is 23.8 Å². The third kappa shape index (κ3) is 7.03. The van der Waals surface area contributed by atoms with E-state index in [0.717, 1.165) is 0 Å². The second-order valence-electron chi connectivity index (χ2n) is 6.11. The van der Waals surface area contributed by atoms with Crippen molar-refractivity contribution in [2.24, 2.45) is 5.73 Å². The van der Waals surface area contributed by atoms with E-state index in [1.165, 1.54) is 12.1 Å². The van der Waals surface area contributed by atoms with Gasteiger partial charge in [-0.2, -0.15) is 0 Å². The Morgan fingerprint density at radius 3 is 2.25 bits per heavy atom. The van der Waals surface area contributed by atoms with Crippen molar-refractivity contribution in [3.63, 3.8) is 0 Å². The number of carbonyl (C=O) groups is 1. The molecule has 2 aromatic rings. The van der Waals surface area contributed by atoms with Crippen LogP contribution in [-0.4, -0.2) is 33.5 Å². The number of amides is 1. The highest BCUT2D eigenvalue weighted by Crippen LogP contribution is 2.19. The lowest BCUT2D eigenvalue weighted by Gasteiger charge is -2.10. The van der Waals surface area contributed by atoms with Crippen molar-refractivity contribution in [3.8, 4) is 5.75 Å². The van der Waals surface area contributed by atoms with Gasteiger partial charge in [-0.15, -0.1) is 12.4 Å². The normalized spacial score (nSPS) is 11.8. The van der Waals surface area contributed by atoms with E-state index in [-0.39, 0.29) is 29.3 Å². The molecule has 0 saturated heterocycles. The van der Waals surface area contributed by atoms with Crippen molar-refractivity contribution in [1.82, 2.24) is 5.32 Å². The second kappa shape index (κ2) is 10.9. The lowest BCUT2D eigenvalue weighted by Crippen LogP contribution is -2.28. The number of hydrogen-bond acceptors (Lipinski definition) is 5. The summed E-state index contributed by atoms with van der Waals surface area (Å²) in [6.07, 6.45) is 0.686. The maximum absolute atomic E-state index is 12.5. The first-order valence-electron chi connectivity index (χ1n) is 8.71. The molecule has 0 aliphatic rings. The van der Waals surface area contributed by atoms with Crippen LogP contribution in [0.1, 0.15) is 30.6 Å². The third-order valence-electron chi connectivity index (χ3n) is 3.73. The Hall–Kier alpha value is -2.29. The van der Waals surface area contributed by atoms with Gasteiger partial charge in [-0.05, 0) is 68.8 Å². The molecular weight excluding hydrogens is 402 g/mol. The van der Waals surface area contributed by atoms with E-state index in [4.69, 9.17) is 10.5 Å². The molecule has 28 heavy (non-hydrogen) atoms. The van der Waals surface area contributed by atoms with Gasteiger partial charge in [0.05, 0.1) is 11.5 Å². The van der Waals surface area contributed by atoms with Crippen LogP contribution in [0.3, 0.4) is 0 Å². The van der Waals surface area contributed by atoms with Crippen LogP contribution >= 0.6 is 12.4 Å². The fourth-order valence-corrected chi connectivity index (χ4v) is 3.36. The first kappa shape index (κ1) is 23.7. The Morgan fingerprint density at radius 1 is 1.11 bits per heavy atom. The van der Waals surface area contributed by atoms with Gasteiger partial charge in [0.1, 0.15) is 5.75 Å². The summed E-state index contributed by atoms with van der Waals surface area (Å²) in [5, 5.41) is 2.77. The molecule has 7 nitrogen and oxygen atoms in total. The molecule has 0 fully saturated rings. The topological polar surface area (TPSA) is 111 Å². The summed E-state index contributed by atoms with van der Waals surface area (Å²) in [6, 6.07) is 12.4. The van der Waals surface area contributed by atoms with Crippen LogP contribution in [0.4, 0.5) is 5.69 Å². The minimum atomic E-state index is -3.72. The van der Waals surface area contributed by atoms with Crippen LogP contribution in [-0.2, 0) is 10.0 Å². The van der Waals surface area contributed by atoms with Crippen molar-refractivity contribution in [1.29, 1.82) is 0 Å². The molecule has 0 saturated carbocycles. The highest BCUT2D eigenvalue weighted by atomic mass is 35.5. The van der Waals surface area contributed by atoms with Crippen LogP contribution in [0.5, 0.6) is 5.75 Å². The molecule has 0 spiro atoms. The van der Waals surface area contributed by atoms with Gasteiger partial charge in [-0.25, -0.2) is 8.42 Å². The predicted molar refractivity (Wildman–Crippen MR) is 113 cm³/mol. The lowest BCUT2D eigenvalue weighted by atomic mass is 10.2. The maximum Gasteiger partial charge on any atom is 0.261 e. The number of sulfonamides is 1. The zero-order valence-electron chi connectivity index (χ0n) is 15.8. The molecule has 1 amide bonds. The fourth-order valence-electron chi connectivity index (χ4n) is 2.30. The number of nitrogens with one attached hydrogen (secondary N) is 2. The standard InChI is InChI=1S/C19H25N3O4S.ClH/c1-3-26-17-8-10-18(11-9-17)27(24,25)22-16-6-4-15(5-7-16)19(23)21-13-12-14(2)20;/h4-11,14,22H,3,12-13,20H2,1-2H3,(H,21,23);1H. The molecule has 0 aromatic heterocycles. The minimum absolute atomic E-state index is 0. The Balaban J connectivity index is 0.00000392. The van der Waals surface area contributed by atoms with Crippen molar-refractivity contribution >= 4 is 34.0 Å². The van der Waals surface area contributed by atoms with Crippen molar-refractivity contribution in [3.05, 3.63) is 54.1 Å². The van der Waals surface area contributed by atoms with Crippen LogP contribution in [0.25, 0.3) is 0 Å². The van der Waals surface area contributed by atoms with Crippen LogP contribution in [0, 0.1) is 0 Å². The van der Waals surface area contributed by atoms with E-state index in [1.54, 1.807) is 36.4 Å². The van der Waals surface area contributed by atoms with Crippen LogP contribution in [0.15, 0.2) is 53.4 Å². The van der Waals surface area contributed by atoms with Gasteiger partial charge < -0.3 is 15.8 Å². The van der Waals surface area contributed by atoms with Gasteiger partial charge in [0.2, 0.25) is 0 Å². The molecule has 2 rings (SSSR count). The molecule has 0 aliphatic carbocycles. The largest absolute Gasteiger partial charge is 0.494 e. The van der Waals surface area contributed by atoms with E-state index < -0.39 is 10.0 Å². The zero-order chi connectivity index (χ0) is 19.9. The van der Waals surface area contributed by atoms with E-state index in [9.17, 15) is 13.2 Å². The summed E-state index contributed by atoms with van der Waals surface area (Å²) >= 11 is 0. The first-order valence-corrected chi connectivity index (χ1v) is 10.2. The number of hydrogen-bond donors (Lipinski definition) is 3. The number of halogens is 1. The summed E-state index contributed by atoms with van der Waals surface area (Å²) < 4.78 is 32.7. The molecule has 154 valence electrons. The molecule has 0 bridgehead atoms. The first-order chi connectivity index (χ1) is 12.8. The van der Waals surface area contributed by atoms with E-state index in [1.807, 2.05) is 13.8 Å². The van der Waals surface area contributed by atoms with Crippen LogP contribution < -0.4 is 20.5 Å². The van der Waals surface area contributed by atoms with Gasteiger partial charge in [0.25, 0.3) is 15.9 Å². The second-order valence-corrected chi connectivity index (χ2v) is 7.79. The smallest absolute Gasteiger partial charge is 0.261 e. The summed E-state index contributed by atoms with van der Waals surface area (Å²) in [4.78, 5) is 12.2. The number of nitrogens with two attached hydrogens (primary N) is 1. The molecule has 1 atom stereocenters. The van der Waals surface area contributed by atoms with E-state index in [0.29, 0.717) is 36.6 Å². The lowest BCUT2D eigenvalue weighted by molar-refractivity contribution is 0.0953. The predicted octanol–water partition coefficient (Wildman–Crippen LogP) is 2.77. The Labute approximate surface area is 172 Å². The molecule has 4 N–H and O–H groups in total. The highest BCUT2D eigenvalue weighted by molar-refractivity contribution is 7.92. The maximum atomic E-state index is 12.5. The number of carbonyl (C=O) groups excluding carboxylic acids is 1. The van der Waals surface area contributed by atoms with E-state index >= 15 is 0 Å². The minimum Gasteiger partial charge on any atom is -0.494 e. The quantitative estimate of drug-likeness (QED) is 0.569. The van der Waals surface area contributed by atoms with Crippen molar-refractivity contribution in [2.75, 3.05) is 17.9 Å². The van der Waals surface area contributed by atoms with Gasteiger partial charge in [-0.3, -0.25) is 9.52 Å².